The minimum atomic E-state index is 0.0364. The van der Waals surface area contributed by atoms with Crippen molar-refractivity contribution in [3.8, 4) is 0 Å². The second kappa shape index (κ2) is 7.73. The number of aryl methyl sites for hydroxylation is 1. The number of amides is 2. The lowest BCUT2D eigenvalue weighted by Crippen LogP contribution is -2.28. The SMILES string of the molecule is CCN1Cc2cc(N3CCCc4cc(C(=O)N5Cc6ccccc6C5)cnc43)ccc2C1=O. The normalized spacial score (nSPS) is 16.6. The third-order valence-electron chi connectivity index (χ3n) is 7.06. The lowest BCUT2D eigenvalue weighted by atomic mass is 10.0. The number of aromatic nitrogens is 1. The van der Waals surface area contributed by atoms with Crippen LogP contribution in [0.1, 0.15) is 56.3 Å². The summed E-state index contributed by atoms with van der Waals surface area (Å²) in [7, 11) is 0. The molecule has 6 heteroatoms. The number of benzene rings is 2. The van der Waals surface area contributed by atoms with E-state index in [-0.39, 0.29) is 11.8 Å². The molecule has 33 heavy (non-hydrogen) atoms. The van der Waals surface area contributed by atoms with Gasteiger partial charge in [-0.25, -0.2) is 4.98 Å². The summed E-state index contributed by atoms with van der Waals surface area (Å²) in [6, 6.07) is 16.3. The van der Waals surface area contributed by atoms with Crippen LogP contribution in [0, 0.1) is 0 Å². The zero-order valence-corrected chi connectivity index (χ0v) is 18.8. The molecule has 0 bridgehead atoms. The molecule has 0 saturated carbocycles. The van der Waals surface area contributed by atoms with E-state index >= 15 is 0 Å². The van der Waals surface area contributed by atoms with Crippen LogP contribution in [0.4, 0.5) is 11.5 Å². The molecular formula is C27H26N4O2. The summed E-state index contributed by atoms with van der Waals surface area (Å²) in [6.45, 7) is 5.57. The first-order valence-electron chi connectivity index (χ1n) is 11.7. The molecule has 4 heterocycles. The first-order chi connectivity index (χ1) is 16.1. The van der Waals surface area contributed by atoms with Crippen molar-refractivity contribution in [2.24, 2.45) is 0 Å². The highest BCUT2D eigenvalue weighted by Crippen LogP contribution is 2.35. The summed E-state index contributed by atoms with van der Waals surface area (Å²) in [6.07, 6.45) is 3.63. The van der Waals surface area contributed by atoms with Crippen LogP contribution in [0.2, 0.25) is 0 Å². The Morgan fingerprint density at radius 1 is 0.970 bits per heavy atom. The average Bonchev–Trinajstić information content (AvgIpc) is 3.43. The third-order valence-corrected chi connectivity index (χ3v) is 7.06. The van der Waals surface area contributed by atoms with Crippen LogP contribution < -0.4 is 4.90 Å². The molecule has 0 radical (unpaired) electrons. The van der Waals surface area contributed by atoms with Gasteiger partial charge in [-0.05, 0) is 66.3 Å². The second-order valence-electron chi connectivity index (χ2n) is 9.05. The summed E-state index contributed by atoms with van der Waals surface area (Å²) in [4.78, 5) is 36.4. The van der Waals surface area contributed by atoms with Crippen LogP contribution in [0.25, 0.3) is 0 Å². The quantitative estimate of drug-likeness (QED) is 0.612. The molecule has 2 aromatic carbocycles. The highest BCUT2D eigenvalue weighted by atomic mass is 16.2. The largest absolute Gasteiger partial charge is 0.335 e. The topological polar surface area (TPSA) is 56.8 Å². The van der Waals surface area contributed by atoms with Crippen molar-refractivity contribution in [2.75, 3.05) is 18.0 Å². The Balaban J connectivity index is 1.27. The Kier molecular flexibility index (Phi) is 4.68. The monoisotopic (exact) mass is 438 g/mol. The Bertz CT molecular complexity index is 1260. The summed E-state index contributed by atoms with van der Waals surface area (Å²) >= 11 is 0. The van der Waals surface area contributed by atoms with E-state index in [0.29, 0.717) is 25.2 Å². The van der Waals surface area contributed by atoms with E-state index in [1.807, 2.05) is 47.1 Å². The molecule has 0 aliphatic carbocycles. The van der Waals surface area contributed by atoms with Gasteiger partial charge in [0.2, 0.25) is 0 Å². The maximum atomic E-state index is 13.2. The van der Waals surface area contributed by atoms with Gasteiger partial charge in [-0.2, -0.15) is 0 Å². The number of anilines is 2. The van der Waals surface area contributed by atoms with E-state index < -0.39 is 0 Å². The Morgan fingerprint density at radius 2 is 1.76 bits per heavy atom. The molecule has 2 amide bonds. The molecule has 0 fully saturated rings. The van der Waals surface area contributed by atoms with Crippen LogP contribution in [0.3, 0.4) is 0 Å². The van der Waals surface area contributed by atoms with Gasteiger partial charge in [-0.15, -0.1) is 0 Å². The zero-order valence-electron chi connectivity index (χ0n) is 18.8. The fourth-order valence-corrected chi connectivity index (χ4v) is 5.28. The summed E-state index contributed by atoms with van der Waals surface area (Å²) < 4.78 is 0. The van der Waals surface area contributed by atoms with Crippen molar-refractivity contribution in [3.05, 3.63) is 88.1 Å². The smallest absolute Gasteiger partial charge is 0.256 e. The molecule has 0 N–H and O–H groups in total. The predicted octanol–water partition coefficient (Wildman–Crippen LogP) is 4.30. The minimum absolute atomic E-state index is 0.0364. The average molecular weight is 439 g/mol. The van der Waals surface area contributed by atoms with Crippen molar-refractivity contribution >= 4 is 23.3 Å². The fraction of sp³-hybridized carbons (Fsp3) is 0.296. The molecule has 0 unspecified atom stereocenters. The van der Waals surface area contributed by atoms with Gasteiger partial charge in [-0.3, -0.25) is 9.59 Å². The number of rotatable bonds is 3. The summed E-state index contributed by atoms with van der Waals surface area (Å²) in [5.74, 6) is 1.07. The maximum Gasteiger partial charge on any atom is 0.256 e. The molecule has 3 aliphatic rings. The Hall–Kier alpha value is -3.67. The van der Waals surface area contributed by atoms with Gasteiger partial charge in [0.25, 0.3) is 11.8 Å². The van der Waals surface area contributed by atoms with E-state index in [0.717, 1.165) is 54.1 Å². The number of hydrogen-bond donors (Lipinski definition) is 0. The van der Waals surface area contributed by atoms with E-state index in [2.05, 4.69) is 23.1 Å². The van der Waals surface area contributed by atoms with Crippen molar-refractivity contribution in [1.82, 2.24) is 14.8 Å². The molecule has 0 spiro atoms. The number of carbonyl (C=O) groups is 2. The van der Waals surface area contributed by atoms with Gasteiger partial charge in [-0.1, -0.05) is 24.3 Å². The van der Waals surface area contributed by atoms with Crippen molar-refractivity contribution < 1.29 is 9.59 Å². The van der Waals surface area contributed by atoms with Crippen LogP contribution >= 0.6 is 0 Å². The number of fused-ring (bicyclic) bond motifs is 3. The lowest BCUT2D eigenvalue weighted by Gasteiger charge is -2.31. The molecule has 0 saturated heterocycles. The van der Waals surface area contributed by atoms with E-state index in [1.54, 1.807) is 6.20 Å². The van der Waals surface area contributed by atoms with Crippen LogP contribution in [-0.2, 0) is 26.1 Å². The molecule has 6 rings (SSSR count). The number of nitrogens with zero attached hydrogens (tertiary/aromatic N) is 4. The van der Waals surface area contributed by atoms with Crippen LogP contribution in [0.15, 0.2) is 54.7 Å². The van der Waals surface area contributed by atoms with Gasteiger partial charge in [0.15, 0.2) is 0 Å². The fourth-order valence-electron chi connectivity index (χ4n) is 5.28. The first-order valence-corrected chi connectivity index (χ1v) is 11.7. The molecular weight excluding hydrogens is 412 g/mol. The van der Waals surface area contributed by atoms with E-state index in [4.69, 9.17) is 4.98 Å². The van der Waals surface area contributed by atoms with Crippen molar-refractivity contribution in [3.63, 3.8) is 0 Å². The number of pyridine rings is 1. The molecule has 0 atom stereocenters. The van der Waals surface area contributed by atoms with Gasteiger partial charge < -0.3 is 14.7 Å². The summed E-state index contributed by atoms with van der Waals surface area (Å²) in [5.41, 5.74) is 7.14. The van der Waals surface area contributed by atoms with Gasteiger partial charge in [0, 0.05) is 50.2 Å². The van der Waals surface area contributed by atoms with Crippen LogP contribution in [0.5, 0.6) is 0 Å². The van der Waals surface area contributed by atoms with Crippen molar-refractivity contribution in [1.29, 1.82) is 0 Å². The van der Waals surface area contributed by atoms with Crippen LogP contribution in [-0.4, -0.2) is 39.7 Å². The van der Waals surface area contributed by atoms with Gasteiger partial charge in [0.05, 0.1) is 5.56 Å². The number of carbonyl (C=O) groups excluding carboxylic acids is 2. The maximum absolute atomic E-state index is 13.2. The van der Waals surface area contributed by atoms with Crippen molar-refractivity contribution in [2.45, 2.75) is 39.4 Å². The zero-order chi connectivity index (χ0) is 22.5. The molecule has 3 aliphatic heterocycles. The lowest BCUT2D eigenvalue weighted by molar-refractivity contribution is 0.0749. The second-order valence-corrected chi connectivity index (χ2v) is 9.05. The van der Waals surface area contributed by atoms with E-state index in [9.17, 15) is 9.59 Å². The standard InChI is InChI=1S/C27H26N4O2/c1-2-29-17-22-13-23(9-10-24(22)27(29)33)31-11-5-8-18-12-21(14-28-25(18)31)26(32)30-15-19-6-3-4-7-20(19)16-30/h3-4,6-7,9-10,12-14H,2,5,8,11,15-17H2,1H3. The molecule has 1 aromatic heterocycles. The Morgan fingerprint density at radius 3 is 2.52 bits per heavy atom. The highest BCUT2D eigenvalue weighted by molar-refractivity contribution is 5.99. The highest BCUT2D eigenvalue weighted by Gasteiger charge is 2.29. The molecule has 166 valence electrons. The first kappa shape index (κ1) is 20.0. The minimum Gasteiger partial charge on any atom is -0.335 e. The molecule has 6 nitrogen and oxygen atoms in total. The number of hydrogen-bond acceptors (Lipinski definition) is 4. The summed E-state index contributed by atoms with van der Waals surface area (Å²) in [5, 5.41) is 0. The Labute approximate surface area is 193 Å². The van der Waals surface area contributed by atoms with E-state index in [1.165, 1.54) is 11.1 Å². The van der Waals surface area contributed by atoms with Gasteiger partial charge >= 0.3 is 0 Å². The third kappa shape index (κ3) is 3.28. The predicted molar refractivity (Wildman–Crippen MR) is 126 cm³/mol. The molecule has 3 aromatic rings. The van der Waals surface area contributed by atoms with Gasteiger partial charge in [0.1, 0.15) is 5.82 Å².